The Kier molecular flexibility index (Phi) is 5.55. The molecule has 0 bridgehead atoms. The summed E-state index contributed by atoms with van der Waals surface area (Å²) in [5, 5.41) is 12.1. The highest BCUT2D eigenvalue weighted by molar-refractivity contribution is 7.17. The quantitative estimate of drug-likeness (QED) is 0.290. The molecule has 0 atom stereocenters. The molecule has 5 rings (SSSR count). The highest BCUT2D eigenvalue weighted by Crippen LogP contribution is 2.40. The number of fused-ring (bicyclic) bond motifs is 2. The van der Waals surface area contributed by atoms with Crippen LogP contribution in [-0.2, 0) is 16.0 Å². The molecule has 0 saturated carbocycles. The van der Waals surface area contributed by atoms with Gasteiger partial charge in [-0.3, -0.25) is 14.5 Å². The summed E-state index contributed by atoms with van der Waals surface area (Å²) in [4.78, 5) is 29.2. The second-order valence-electron chi connectivity index (χ2n) is 7.67. The van der Waals surface area contributed by atoms with Gasteiger partial charge in [-0.25, -0.2) is 9.37 Å². The predicted molar refractivity (Wildman–Crippen MR) is 130 cm³/mol. The number of hydrogen-bond donors (Lipinski definition) is 1. The van der Waals surface area contributed by atoms with E-state index in [0.717, 1.165) is 10.1 Å². The van der Waals surface area contributed by atoms with Gasteiger partial charge in [0, 0.05) is 33.0 Å². The number of amides is 1. The Balaban J connectivity index is 1.54. The van der Waals surface area contributed by atoms with Gasteiger partial charge in [0.25, 0.3) is 0 Å². The average Bonchev–Trinajstić information content (AvgIpc) is 3.38. The summed E-state index contributed by atoms with van der Waals surface area (Å²) in [6.07, 6.45) is -0.134. The summed E-state index contributed by atoms with van der Waals surface area (Å²) in [7, 11) is 0. The molecular weight excluding hydrogens is 479 g/mol. The lowest BCUT2D eigenvalue weighted by Gasteiger charge is -2.21. The molecule has 0 fully saturated rings. The lowest BCUT2D eigenvalue weighted by Crippen LogP contribution is -2.23. The fourth-order valence-electron chi connectivity index (χ4n) is 3.83. The summed E-state index contributed by atoms with van der Waals surface area (Å²) in [6, 6.07) is 14.7. The Morgan fingerprint density at radius 1 is 1.12 bits per heavy atom. The monoisotopic (exact) mass is 494 g/mol. The van der Waals surface area contributed by atoms with Gasteiger partial charge in [-0.2, -0.15) is 0 Å². The van der Waals surface area contributed by atoms with E-state index in [-0.39, 0.29) is 23.9 Å². The maximum Gasteiger partial charge on any atom is 0.307 e. The molecule has 170 valence electrons. The molecule has 0 radical (unpaired) electrons. The number of carboxylic acid groups (broad SMARTS) is 1. The number of carbonyl (C=O) groups is 2. The van der Waals surface area contributed by atoms with Crippen LogP contribution in [0.15, 0.2) is 64.4 Å². The van der Waals surface area contributed by atoms with Crippen molar-refractivity contribution in [1.82, 2.24) is 4.98 Å². The number of rotatable bonds is 5. The standard InChI is InChI=1S/C25H16ClFN2O4S/c1-13(30)29(21-12-34-23-7-4-16(26)11-17(21)23)20-5-3-15(10-18(20)27)25-28-19-8-14(9-24(31)32)2-6-22(19)33-25/h2-8,10-12H,9H2,1H3,(H,31,32). The molecule has 1 N–H and O–H groups in total. The Morgan fingerprint density at radius 3 is 2.68 bits per heavy atom. The fraction of sp³-hybridized carbons (Fsp3) is 0.0800. The smallest absolute Gasteiger partial charge is 0.307 e. The van der Waals surface area contributed by atoms with E-state index in [9.17, 15) is 9.59 Å². The van der Waals surface area contributed by atoms with Crippen molar-refractivity contribution in [2.45, 2.75) is 13.3 Å². The van der Waals surface area contributed by atoms with Crippen molar-refractivity contribution < 1.29 is 23.5 Å². The molecule has 2 aromatic heterocycles. The molecular formula is C25H16ClFN2O4S. The molecule has 9 heteroatoms. The highest BCUT2D eigenvalue weighted by atomic mass is 35.5. The van der Waals surface area contributed by atoms with Crippen molar-refractivity contribution in [3.63, 3.8) is 0 Å². The van der Waals surface area contributed by atoms with E-state index in [4.69, 9.17) is 21.1 Å². The number of carbonyl (C=O) groups excluding carboxylic acids is 1. The normalized spacial score (nSPS) is 11.3. The van der Waals surface area contributed by atoms with Crippen LogP contribution in [0.5, 0.6) is 0 Å². The van der Waals surface area contributed by atoms with Crippen molar-refractivity contribution in [3.8, 4) is 11.5 Å². The van der Waals surface area contributed by atoms with Crippen LogP contribution in [0.3, 0.4) is 0 Å². The first kappa shape index (κ1) is 22.1. The number of nitrogens with zero attached hydrogens (tertiary/aromatic N) is 2. The van der Waals surface area contributed by atoms with Gasteiger partial charge in [-0.05, 0) is 54.1 Å². The largest absolute Gasteiger partial charge is 0.481 e. The summed E-state index contributed by atoms with van der Waals surface area (Å²) in [5.41, 5.74) is 2.55. The average molecular weight is 495 g/mol. The SMILES string of the molecule is CC(=O)N(c1ccc(-c2nc3cc(CC(=O)O)ccc3o2)cc1F)c1csc2ccc(Cl)cc12. The maximum atomic E-state index is 15.3. The van der Waals surface area contributed by atoms with Crippen LogP contribution in [0.25, 0.3) is 32.6 Å². The zero-order valence-electron chi connectivity index (χ0n) is 17.7. The first-order valence-corrected chi connectivity index (χ1v) is 11.4. The van der Waals surface area contributed by atoms with Gasteiger partial charge in [0.05, 0.1) is 17.8 Å². The number of benzene rings is 3. The third-order valence-corrected chi connectivity index (χ3v) is 6.50. The topological polar surface area (TPSA) is 83.6 Å². The van der Waals surface area contributed by atoms with Gasteiger partial charge in [-0.15, -0.1) is 11.3 Å². The number of oxazole rings is 1. The fourth-order valence-corrected chi connectivity index (χ4v) is 4.91. The zero-order valence-corrected chi connectivity index (χ0v) is 19.3. The number of anilines is 2. The lowest BCUT2D eigenvalue weighted by molar-refractivity contribution is -0.136. The van der Waals surface area contributed by atoms with E-state index >= 15 is 4.39 Å². The van der Waals surface area contributed by atoms with Gasteiger partial charge >= 0.3 is 5.97 Å². The zero-order chi connectivity index (χ0) is 24.0. The van der Waals surface area contributed by atoms with Crippen molar-refractivity contribution in [2.24, 2.45) is 0 Å². The molecule has 1 amide bonds. The number of thiophene rings is 1. The number of halogens is 2. The number of aliphatic carboxylic acids is 1. The van der Waals surface area contributed by atoms with Gasteiger partial charge in [0.1, 0.15) is 11.3 Å². The molecule has 34 heavy (non-hydrogen) atoms. The molecule has 0 aliphatic rings. The van der Waals surface area contributed by atoms with Crippen LogP contribution >= 0.6 is 22.9 Å². The minimum absolute atomic E-state index is 0.0933. The van der Waals surface area contributed by atoms with E-state index < -0.39 is 11.8 Å². The van der Waals surface area contributed by atoms with Crippen LogP contribution in [0, 0.1) is 5.82 Å². The number of carboxylic acids is 1. The molecule has 0 spiro atoms. The Morgan fingerprint density at radius 2 is 1.94 bits per heavy atom. The molecule has 2 heterocycles. The van der Waals surface area contributed by atoms with Gasteiger partial charge in [0.15, 0.2) is 5.58 Å². The van der Waals surface area contributed by atoms with Gasteiger partial charge in [0.2, 0.25) is 11.8 Å². The number of hydrogen-bond acceptors (Lipinski definition) is 5. The Labute approximate surface area is 201 Å². The third kappa shape index (κ3) is 4.02. The van der Waals surface area contributed by atoms with Crippen molar-refractivity contribution in [2.75, 3.05) is 4.90 Å². The number of aromatic nitrogens is 1. The minimum Gasteiger partial charge on any atom is -0.481 e. The van der Waals surface area contributed by atoms with Crippen LogP contribution < -0.4 is 4.90 Å². The molecule has 3 aromatic carbocycles. The first-order chi connectivity index (χ1) is 16.3. The summed E-state index contributed by atoms with van der Waals surface area (Å²) in [6.45, 7) is 1.37. The van der Waals surface area contributed by atoms with E-state index in [1.54, 1.807) is 41.8 Å². The van der Waals surface area contributed by atoms with Crippen LogP contribution in [0.1, 0.15) is 12.5 Å². The Bertz CT molecular complexity index is 1590. The molecule has 5 aromatic rings. The predicted octanol–water partition coefficient (Wildman–Crippen LogP) is 6.81. The van der Waals surface area contributed by atoms with Crippen LogP contribution in [0.2, 0.25) is 5.02 Å². The third-order valence-electron chi connectivity index (χ3n) is 5.31. The van der Waals surface area contributed by atoms with Crippen molar-refractivity contribution >= 4 is 67.4 Å². The lowest BCUT2D eigenvalue weighted by atomic mass is 10.1. The van der Waals surface area contributed by atoms with Crippen molar-refractivity contribution in [1.29, 1.82) is 0 Å². The van der Waals surface area contributed by atoms with Crippen LogP contribution in [0.4, 0.5) is 15.8 Å². The summed E-state index contributed by atoms with van der Waals surface area (Å²) in [5.74, 6) is -1.73. The summed E-state index contributed by atoms with van der Waals surface area (Å²) < 4.78 is 22.0. The molecule has 0 aliphatic carbocycles. The van der Waals surface area contributed by atoms with E-state index in [2.05, 4.69) is 4.98 Å². The Hall–Kier alpha value is -3.75. The molecule has 0 unspecified atom stereocenters. The second-order valence-corrected chi connectivity index (χ2v) is 9.02. The maximum absolute atomic E-state index is 15.3. The van der Waals surface area contributed by atoms with Gasteiger partial charge < -0.3 is 9.52 Å². The minimum atomic E-state index is -0.948. The molecule has 6 nitrogen and oxygen atoms in total. The highest BCUT2D eigenvalue weighted by Gasteiger charge is 2.22. The molecule has 0 aliphatic heterocycles. The van der Waals surface area contributed by atoms with Crippen molar-refractivity contribution in [3.05, 3.63) is 76.4 Å². The first-order valence-electron chi connectivity index (χ1n) is 10.2. The second kappa shape index (κ2) is 8.55. The van der Waals surface area contributed by atoms with Gasteiger partial charge in [-0.1, -0.05) is 17.7 Å². The van der Waals surface area contributed by atoms with E-state index in [0.29, 0.717) is 32.9 Å². The summed E-state index contributed by atoms with van der Waals surface area (Å²) >= 11 is 7.59. The van der Waals surface area contributed by atoms with Crippen LogP contribution in [-0.4, -0.2) is 22.0 Å². The molecule has 0 saturated heterocycles. The van der Waals surface area contributed by atoms with E-state index in [1.807, 2.05) is 6.07 Å². The van der Waals surface area contributed by atoms with E-state index in [1.165, 1.54) is 35.3 Å².